The van der Waals surface area contributed by atoms with Crippen molar-refractivity contribution in [1.82, 2.24) is 5.32 Å². The van der Waals surface area contributed by atoms with Gasteiger partial charge in [-0.3, -0.25) is 0 Å². The molecule has 2 N–H and O–H groups in total. The predicted octanol–water partition coefficient (Wildman–Crippen LogP) is 4.46. The summed E-state index contributed by atoms with van der Waals surface area (Å²) in [6, 6.07) is 13.6. The van der Waals surface area contributed by atoms with Gasteiger partial charge in [-0.15, -0.1) is 0 Å². The summed E-state index contributed by atoms with van der Waals surface area (Å²) < 4.78 is 5.11. The molecule has 0 aliphatic heterocycles. The van der Waals surface area contributed by atoms with Crippen molar-refractivity contribution in [3.8, 4) is 5.75 Å². The van der Waals surface area contributed by atoms with Gasteiger partial charge in [0.15, 0.2) is 0 Å². The molecule has 0 saturated heterocycles. The minimum atomic E-state index is -0.203. The average molecular weight is 324 g/mol. The molecule has 0 saturated carbocycles. The monoisotopic (exact) mass is 324 g/mol. The average Bonchev–Trinajstić information content (AvgIpc) is 2.61. The minimum Gasteiger partial charge on any atom is -0.497 e. The molecule has 0 aromatic heterocycles. The van der Waals surface area contributed by atoms with E-state index < -0.39 is 0 Å². The van der Waals surface area contributed by atoms with Crippen LogP contribution < -0.4 is 15.4 Å². The van der Waals surface area contributed by atoms with Crippen molar-refractivity contribution in [3.05, 3.63) is 59.2 Å². The summed E-state index contributed by atoms with van der Waals surface area (Å²) in [5.74, 6) is 0.767. The Balaban J connectivity index is 1.61. The third kappa shape index (κ3) is 3.88. The molecule has 3 rings (SSSR count). The van der Waals surface area contributed by atoms with E-state index in [0.29, 0.717) is 0 Å². The second-order valence-corrected chi connectivity index (χ2v) is 6.28. The fourth-order valence-electron chi connectivity index (χ4n) is 3.14. The fourth-order valence-corrected chi connectivity index (χ4v) is 3.14. The van der Waals surface area contributed by atoms with Crippen molar-refractivity contribution >= 4 is 11.7 Å². The quantitative estimate of drug-likeness (QED) is 0.872. The number of ether oxygens (including phenoxy) is 1. The third-order valence-corrected chi connectivity index (χ3v) is 4.57. The van der Waals surface area contributed by atoms with Gasteiger partial charge in [-0.2, -0.15) is 0 Å². The van der Waals surface area contributed by atoms with Gasteiger partial charge < -0.3 is 15.4 Å². The molecule has 0 fully saturated rings. The lowest BCUT2D eigenvalue weighted by molar-refractivity contribution is 0.249. The number of benzene rings is 2. The topological polar surface area (TPSA) is 50.4 Å². The van der Waals surface area contributed by atoms with Gasteiger partial charge in [0.2, 0.25) is 0 Å². The lowest BCUT2D eigenvalue weighted by Gasteiger charge is -2.20. The summed E-state index contributed by atoms with van der Waals surface area (Å²) in [5.41, 5.74) is 4.79. The van der Waals surface area contributed by atoms with E-state index in [9.17, 15) is 4.79 Å². The molecular formula is C20H24N2O2. The van der Waals surface area contributed by atoms with Crippen LogP contribution in [0.4, 0.5) is 10.5 Å². The number of carbonyl (C=O) groups is 1. The zero-order chi connectivity index (χ0) is 16.9. The van der Waals surface area contributed by atoms with Crippen molar-refractivity contribution in [2.75, 3.05) is 12.4 Å². The first-order valence-electron chi connectivity index (χ1n) is 8.49. The Hall–Kier alpha value is -2.49. The van der Waals surface area contributed by atoms with Crippen LogP contribution in [-0.4, -0.2) is 13.1 Å². The van der Waals surface area contributed by atoms with Gasteiger partial charge in [0.05, 0.1) is 13.2 Å². The first kappa shape index (κ1) is 16.4. The first-order valence-corrected chi connectivity index (χ1v) is 8.49. The van der Waals surface area contributed by atoms with Crippen LogP contribution in [0.25, 0.3) is 0 Å². The summed E-state index contributed by atoms with van der Waals surface area (Å²) in [7, 11) is 1.62. The zero-order valence-corrected chi connectivity index (χ0v) is 14.3. The largest absolute Gasteiger partial charge is 0.497 e. The molecule has 1 unspecified atom stereocenters. The Kier molecular flexibility index (Phi) is 5.04. The van der Waals surface area contributed by atoms with Crippen molar-refractivity contribution < 1.29 is 9.53 Å². The molecule has 1 aliphatic carbocycles. The van der Waals surface area contributed by atoms with Crippen LogP contribution in [0.2, 0.25) is 0 Å². The van der Waals surface area contributed by atoms with Crippen molar-refractivity contribution in [1.29, 1.82) is 0 Å². The predicted molar refractivity (Wildman–Crippen MR) is 96.6 cm³/mol. The SMILES string of the molecule is COc1ccc(NC(=O)NC(C)c2ccc3c(c2)CCCC3)cc1. The number of anilines is 1. The van der Waals surface area contributed by atoms with Crippen LogP contribution >= 0.6 is 0 Å². The number of carbonyl (C=O) groups excluding carboxylic acids is 1. The number of aryl methyl sites for hydroxylation is 2. The second-order valence-electron chi connectivity index (χ2n) is 6.28. The summed E-state index contributed by atoms with van der Waals surface area (Å²) in [6.07, 6.45) is 4.87. The summed E-state index contributed by atoms with van der Waals surface area (Å²) >= 11 is 0. The van der Waals surface area contributed by atoms with Gasteiger partial charge >= 0.3 is 6.03 Å². The van der Waals surface area contributed by atoms with Gasteiger partial charge in [-0.05, 0) is 73.6 Å². The molecule has 2 amide bonds. The molecule has 24 heavy (non-hydrogen) atoms. The van der Waals surface area contributed by atoms with Crippen molar-refractivity contribution in [2.45, 2.75) is 38.6 Å². The summed E-state index contributed by atoms with van der Waals surface area (Å²) in [4.78, 5) is 12.2. The molecule has 126 valence electrons. The Morgan fingerprint density at radius 2 is 1.75 bits per heavy atom. The minimum absolute atomic E-state index is 0.0320. The van der Waals surface area contributed by atoms with Gasteiger partial charge in [0.25, 0.3) is 0 Å². The molecule has 0 spiro atoms. The molecule has 0 heterocycles. The lowest BCUT2D eigenvalue weighted by atomic mass is 9.89. The fraction of sp³-hybridized carbons (Fsp3) is 0.350. The smallest absolute Gasteiger partial charge is 0.319 e. The Bertz CT molecular complexity index is 710. The highest BCUT2D eigenvalue weighted by Crippen LogP contribution is 2.25. The molecule has 1 atom stereocenters. The van der Waals surface area contributed by atoms with E-state index in [1.54, 1.807) is 7.11 Å². The highest BCUT2D eigenvalue weighted by Gasteiger charge is 2.14. The van der Waals surface area contributed by atoms with Gasteiger partial charge in [0, 0.05) is 5.69 Å². The van der Waals surface area contributed by atoms with Crippen LogP contribution in [0.5, 0.6) is 5.75 Å². The third-order valence-electron chi connectivity index (χ3n) is 4.57. The number of amides is 2. The molecule has 2 aromatic carbocycles. The van der Waals surface area contributed by atoms with Crippen LogP contribution in [0, 0.1) is 0 Å². The maximum absolute atomic E-state index is 12.2. The molecule has 4 heteroatoms. The van der Waals surface area contributed by atoms with Crippen LogP contribution in [0.1, 0.15) is 42.5 Å². The van der Waals surface area contributed by atoms with Gasteiger partial charge in [-0.25, -0.2) is 4.79 Å². The van der Waals surface area contributed by atoms with Crippen molar-refractivity contribution in [3.63, 3.8) is 0 Å². The molecule has 0 radical (unpaired) electrons. The molecule has 1 aliphatic rings. The molecule has 0 bridgehead atoms. The standard InChI is InChI=1S/C20H24N2O2/c1-14(16-8-7-15-5-3-4-6-17(15)13-16)21-20(23)22-18-9-11-19(24-2)12-10-18/h7-14H,3-6H2,1-2H3,(H2,21,22,23). The Morgan fingerprint density at radius 1 is 1.04 bits per heavy atom. The first-order chi connectivity index (χ1) is 11.7. The molecule has 4 nitrogen and oxygen atoms in total. The number of rotatable bonds is 4. The van der Waals surface area contributed by atoms with E-state index in [2.05, 4.69) is 28.8 Å². The van der Waals surface area contributed by atoms with Crippen molar-refractivity contribution in [2.24, 2.45) is 0 Å². The highest BCUT2D eigenvalue weighted by molar-refractivity contribution is 5.89. The van der Waals surface area contributed by atoms with Gasteiger partial charge in [-0.1, -0.05) is 18.2 Å². The molecular weight excluding hydrogens is 300 g/mol. The maximum atomic E-state index is 12.2. The normalized spacial score (nSPS) is 14.4. The number of methoxy groups -OCH3 is 1. The van der Waals surface area contributed by atoms with E-state index in [0.717, 1.165) is 23.4 Å². The summed E-state index contributed by atoms with van der Waals surface area (Å²) in [6.45, 7) is 2.01. The second kappa shape index (κ2) is 7.39. The Morgan fingerprint density at radius 3 is 2.46 bits per heavy atom. The number of nitrogens with one attached hydrogen (secondary N) is 2. The van der Waals surface area contributed by atoms with E-state index in [-0.39, 0.29) is 12.1 Å². The number of fused-ring (bicyclic) bond motifs is 1. The van der Waals surface area contributed by atoms with E-state index >= 15 is 0 Å². The Labute approximate surface area is 143 Å². The number of hydrogen-bond donors (Lipinski definition) is 2. The highest BCUT2D eigenvalue weighted by atomic mass is 16.5. The number of urea groups is 1. The lowest BCUT2D eigenvalue weighted by Crippen LogP contribution is -2.31. The van der Waals surface area contributed by atoms with Crippen LogP contribution in [0.3, 0.4) is 0 Å². The summed E-state index contributed by atoms with van der Waals surface area (Å²) in [5, 5.41) is 5.85. The van der Waals surface area contributed by atoms with Crippen LogP contribution in [-0.2, 0) is 12.8 Å². The molecule has 2 aromatic rings. The van der Waals surface area contributed by atoms with E-state index in [1.165, 1.54) is 30.4 Å². The van der Waals surface area contributed by atoms with E-state index in [1.807, 2.05) is 31.2 Å². The van der Waals surface area contributed by atoms with Crippen LogP contribution in [0.15, 0.2) is 42.5 Å². The zero-order valence-electron chi connectivity index (χ0n) is 14.3. The van der Waals surface area contributed by atoms with Gasteiger partial charge in [0.1, 0.15) is 5.75 Å². The number of hydrogen-bond acceptors (Lipinski definition) is 2. The maximum Gasteiger partial charge on any atom is 0.319 e. The van der Waals surface area contributed by atoms with E-state index in [4.69, 9.17) is 4.74 Å².